The topological polar surface area (TPSA) is 62.1 Å². The minimum absolute atomic E-state index is 0.139. The molecule has 23 heavy (non-hydrogen) atoms. The predicted molar refractivity (Wildman–Crippen MR) is 91.2 cm³/mol. The van der Waals surface area contributed by atoms with E-state index < -0.39 is 12.0 Å². The van der Waals surface area contributed by atoms with Gasteiger partial charge in [0.25, 0.3) is 0 Å². The Hall–Kier alpha value is -2.82. The molecule has 2 rings (SSSR count). The Morgan fingerprint density at radius 1 is 1.13 bits per heavy atom. The molecule has 0 aliphatic rings. The number of phenols is 1. The van der Waals surface area contributed by atoms with Crippen molar-refractivity contribution in [2.45, 2.75) is 6.04 Å². The van der Waals surface area contributed by atoms with Gasteiger partial charge in [-0.05, 0) is 35.4 Å². The number of phenolic OH excluding ortho intramolecular Hbond substituents is 1. The first-order valence-corrected chi connectivity index (χ1v) is 7.18. The molecule has 0 spiro atoms. The van der Waals surface area contributed by atoms with Crippen LogP contribution in [-0.4, -0.2) is 38.5 Å². The van der Waals surface area contributed by atoms with E-state index in [0.717, 1.165) is 11.3 Å². The maximum Gasteiger partial charge on any atom is 0.335 e. The van der Waals surface area contributed by atoms with Crippen molar-refractivity contribution in [3.05, 3.63) is 59.7 Å². The second-order valence-electron chi connectivity index (χ2n) is 5.28. The van der Waals surface area contributed by atoms with Crippen molar-refractivity contribution in [1.29, 1.82) is 0 Å². The highest BCUT2D eigenvalue weighted by molar-refractivity contribution is 5.85. The summed E-state index contributed by atoms with van der Waals surface area (Å²) in [5.74, 6) is -0.308. The van der Waals surface area contributed by atoms with Crippen molar-refractivity contribution in [2.24, 2.45) is 4.99 Å². The summed E-state index contributed by atoms with van der Waals surface area (Å²) >= 11 is 0. The summed E-state index contributed by atoms with van der Waals surface area (Å²) in [6.45, 7) is 0. The molecule has 0 heterocycles. The molecule has 1 unspecified atom stereocenters. The summed E-state index contributed by atoms with van der Waals surface area (Å²) in [5.41, 5.74) is 2.64. The zero-order chi connectivity index (χ0) is 16.8. The number of carbonyl (C=O) groups is 1. The average Bonchev–Trinajstić information content (AvgIpc) is 2.56. The molecule has 120 valence electrons. The Kier molecular flexibility index (Phi) is 5.36. The van der Waals surface area contributed by atoms with Gasteiger partial charge in [0.1, 0.15) is 5.75 Å². The number of nitrogens with zero attached hydrogens (tertiary/aromatic N) is 2. The Labute approximate surface area is 135 Å². The van der Waals surface area contributed by atoms with E-state index in [9.17, 15) is 9.90 Å². The Bertz CT molecular complexity index is 676. The van der Waals surface area contributed by atoms with Gasteiger partial charge in [0.05, 0.1) is 7.11 Å². The van der Waals surface area contributed by atoms with Crippen LogP contribution in [0, 0.1) is 0 Å². The minimum Gasteiger partial charge on any atom is -0.508 e. The molecule has 0 saturated heterocycles. The number of aromatic hydroxyl groups is 1. The van der Waals surface area contributed by atoms with Gasteiger partial charge in [-0.15, -0.1) is 0 Å². The van der Waals surface area contributed by atoms with E-state index in [4.69, 9.17) is 4.74 Å². The number of rotatable bonds is 5. The largest absolute Gasteiger partial charge is 0.508 e. The van der Waals surface area contributed by atoms with Crippen molar-refractivity contribution < 1.29 is 14.6 Å². The molecule has 5 nitrogen and oxygen atoms in total. The van der Waals surface area contributed by atoms with Crippen LogP contribution >= 0.6 is 0 Å². The van der Waals surface area contributed by atoms with Crippen LogP contribution in [-0.2, 0) is 9.53 Å². The fourth-order valence-corrected chi connectivity index (χ4v) is 2.07. The quantitative estimate of drug-likeness (QED) is 0.681. The van der Waals surface area contributed by atoms with Gasteiger partial charge in [0, 0.05) is 26.0 Å². The van der Waals surface area contributed by atoms with Crippen LogP contribution < -0.4 is 4.90 Å². The van der Waals surface area contributed by atoms with Crippen LogP contribution in [0.25, 0.3) is 0 Å². The molecule has 0 aromatic heterocycles. The van der Waals surface area contributed by atoms with Gasteiger partial charge in [0.15, 0.2) is 6.04 Å². The van der Waals surface area contributed by atoms with Gasteiger partial charge in [-0.3, -0.25) is 4.99 Å². The first kappa shape index (κ1) is 16.5. The van der Waals surface area contributed by atoms with Gasteiger partial charge in [-0.1, -0.05) is 24.3 Å². The Morgan fingerprint density at radius 2 is 1.74 bits per heavy atom. The van der Waals surface area contributed by atoms with Crippen LogP contribution in [0.1, 0.15) is 17.2 Å². The molecular weight excluding hydrogens is 292 g/mol. The Balaban J connectivity index is 2.23. The first-order valence-electron chi connectivity index (χ1n) is 7.18. The fraction of sp³-hybridized carbons (Fsp3) is 0.222. The van der Waals surface area contributed by atoms with Crippen LogP contribution in [0.5, 0.6) is 5.75 Å². The lowest BCUT2D eigenvalue weighted by molar-refractivity contribution is -0.142. The number of ether oxygens (including phenoxy) is 1. The highest BCUT2D eigenvalue weighted by Gasteiger charge is 2.19. The van der Waals surface area contributed by atoms with E-state index in [1.54, 1.807) is 18.3 Å². The number of hydrogen-bond donors (Lipinski definition) is 1. The van der Waals surface area contributed by atoms with E-state index in [-0.39, 0.29) is 5.75 Å². The van der Waals surface area contributed by atoms with E-state index in [1.165, 1.54) is 19.2 Å². The van der Waals surface area contributed by atoms with Crippen molar-refractivity contribution in [3.63, 3.8) is 0 Å². The second kappa shape index (κ2) is 7.45. The average molecular weight is 312 g/mol. The van der Waals surface area contributed by atoms with Crippen LogP contribution in [0.2, 0.25) is 0 Å². The summed E-state index contributed by atoms with van der Waals surface area (Å²) in [6.07, 6.45) is 1.65. The number of carbonyl (C=O) groups excluding carboxylic acids is 1. The molecule has 0 aliphatic heterocycles. The van der Waals surface area contributed by atoms with E-state index in [1.807, 2.05) is 43.3 Å². The van der Waals surface area contributed by atoms with Gasteiger partial charge < -0.3 is 14.7 Å². The molecule has 0 fully saturated rings. The van der Waals surface area contributed by atoms with E-state index in [0.29, 0.717) is 5.56 Å². The highest BCUT2D eigenvalue weighted by Crippen LogP contribution is 2.22. The zero-order valence-corrected chi connectivity index (χ0v) is 13.4. The summed E-state index contributed by atoms with van der Waals surface area (Å²) in [6, 6.07) is 13.4. The maximum absolute atomic E-state index is 12.0. The molecule has 0 saturated carbocycles. The normalized spacial score (nSPS) is 12.1. The molecule has 1 atom stereocenters. The fourth-order valence-electron chi connectivity index (χ4n) is 2.07. The van der Waals surface area contributed by atoms with Crippen molar-refractivity contribution in [2.75, 3.05) is 26.1 Å². The first-order chi connectivity index (χ1) is 11.0. The monoisotopic (exact) mass is 312 g/mol. The highest BCUT2D eigenvalue weighted by atomic mass is 16.5. The molecule has 2 aromatic rings. The van der Waals surface area contributed by atoms with Crippen molar-refractivity contribution in [1.82, 2.24) is 0 Å². The lowest BCUT2D eigenvalue weighted by Gasteiger charge is -2.12. The summed E-state index contributed by atoms with van der Waals surface area (Å²) in [5, 5.41) is 9.35. The molecule has 0 bridgehead atoms. The summed E-state index contributed by atoms with van der Waals surface area (Å²) < 4.78 is 4.81. The van der Waals surface area contributed by atoms with Crippen LogP contribution in [0.3, 0.4) is 0 Å². The summed E-state index contributed by atoms with van der Waals surface area (Å²) in [7, 11) is 5.28. The number of anilines is 1. The summed E-state index contributed by atoms with van der Waals surface area (Å²) in [4.78, 5) is 18.3. The van der Waals surface area contributed by atoms with Gasteiger partial charge >= 0.3 is 5.97 Å². The second-order valence-corrected chi connectivity index (χ2v) is 5.28. The standard InChI is InChI=1S/C18H20N2O3/c1-20(2)15-8-4-13(5-9-15)12-19-17(18(22)23-3)14-6-10-16(21)11-7-14/h4-12,17,21H,1-3H3. The lowest BCUT2D eigenvalue weighted by atomic mass is 10.1. The molecule has 1 N–H and O–H groups in total. The van der Waals surface area contributed by atoms with Gasteiger partial charge in [0.2, 0.25) is 0 Å². The van der Waals surface area contributed by atoms with Gasteiger partial charge in [-0.25, -0.2) is 4.79 Å². The minimum atomic E-state index is -0.755. The molecule has 5 heteroatoms. The third kappa shape index (κ3) is 4.32. The molecular formula is C18H20N2O3. The van der Waals surface area contributed by atoms with Crippen LogP contribution in [0.4, 0.5) is 5.69 Å². The smallest absolute Gasteiger partial charge is 0.335 e. The van der Waals surface area contributed by atoms with Gasteiger partial charge in [-0.2, -0.15) is 0 Å². The van der Waals surface area contributed by atoms with Crippen LogP contribution in [0.15, 0.2) is 53.5 Å². The third-order valence-electron chi connectivity index (χ3n) is 3.42. The molecule has 0 aliphatic carbocycles. The van der Waals surface area contributed by atoms with Crippen molar-refractivity contribution in [3.8, 4) is 5.75 Å². The zero-order valence-electron chi connectivity index (χ0n) is 13.4. The SMILES string of the molecule is COC(=O)C(N=Cc1ccc(N(C)C)cc1)c1ccc(O)cc1. The van der Waals surface area contributed by atoms with E-state index >= 15 is 0 Å². The lowest BCUT2D eigenvalue weighted by Crippen LogP contribution is -2.12. The number of esters is 1. The molecule has 0 amide bonds. The number of hydrogen-bond acceptors (Lipinski definition) is 5. The molecule has 2 aromatic carbocycles. The Morgan fingerprint density at radius 3 is 2.26 bits per heavy atom. The van der Waals surface area contributed by atoms with Crippen molar-refractivity contribution >= 4 is 17.9 Å². The number of methoxy groups -OCH3 is 1. The predicted octanol–water partition coefficient (Wildman–Crippen LogP) is 2.79. The van der Waals surface area contributed by atoms with E-state index in [2.05, 4.69) is 4.99 Å². The third-order valence-corrected chi connectivity index (χ3v) is 3.42. The maximum atomic E-state index is 12.0. The molecule has 0 radical (unpaired) electrons. The number of aliphatic imine (C=N–C) groups is 1. The number of benzene rings is 2.